The molecular formula is C14H19F2NO. The summed E-state index contributed by atoms with van der Waals surface area (Å²) >= 11 is 0. The fourth-order valence-electron chi connectivity index (χ4n) is 2.36. The van der Waals surface area contributed by atoms with Crippen molar-refractivity contribution in [3.8, 4) is 5.75 Å². The first-order valence-electron chi connectivity index (χ1n) is 6.39. The van der Waals surface area contributed by atoms with E-state index in [2.05, 4.69) is 0 Å². The van der Waals surface area contributed by atoms with Gasteiger partial charge in [0.05, 0.1) is 6.61 Å². The number of hydrogen-bond donors (Lipinski definition) is 1. The number of halogens is 2. The van der Waals surface area contributed by atoms with Crippen LogP contribution in [0.2, 0.25) is 0 Å². The number of nitrogens with two attached hydrogens (primary N) is 1. The van der Waals surface area contributed by atoms with E-state index >= 15 is 0 Å². The van der Waals surface area contributed by atoms with E-state index in [1.807, 2.05) is 24.3 Å². The van der Waals surface area contributed by atoms with Gasteiger partial charge in [-0.25, -0.2) is 8.78 Å². The molecule has 2 rings (SSSR count). The van der Waals surface area contributed by atoms with Crippen LogP contribution < -0.4 is 10.5 Å². The second-order valence-electron chi connectivity index (χ2n) is 4.96. The molecule has 1 fully saturated rings. The molecule has 0 amide bonds. The Labute approximate surface area is 106 Å². The van der Waals surface area contributed by atoms with Crippen molar-refractivity contribution in [2.45, 2.75) is 31.6 Å². The third-order valence-electron chi connectivity index (χ3n) is 3.32. The van der Waals surface area contributed by atoms with Crippen molar-refractivity contribution in [2.75, 3.05) is 13.2 Å². The van der Waals surface area contributed by atoms with Crippen molar-refractivity contribution in [2.24, 2.45) is 11.7 Å². The first kappa shape index (κ1) is 13.3. The second kappa shape index (κ2) is 5.65. The van der Waals surface area contributed by atoms with Crippen molar-refractivity contribution in [1.82, 2.24) is 0 Å². The first-order chi connectivity index (χ1) is 8.59. The van der Waals surface area contributed by atoms with Gasteiger partial charge < -0.3 is 10.5 Å². The van der Waals surface area contributed by atoms with Crippen molar-refractivity contribution >= 4 is 0 Å². The van der Waals surface area contributed by atoms with E-state index in [9.17, 15) is 8.78 Å². The standard InChI is InChI=1S/C14H19F2NO/c15-14(16)6-4-12(9-14)10-18-13-3-1-2-11(8-13)5-7-17/h1-3,8,12H,4-7,9-10,17H2. The summed E-state index contributed by atoms with van der Waals surface area (Å²) < 4.78 is 31.6. The lowest BCUT2D eigenvalue weighted by Gasteiger charge is -2.13. The number of hydrogen-bond acceptors (Lipinski definition) is 2. The molecule has 0 saturated heterocycles. The molecule has 1 saturated carbocycles. The van der Waals surface area contributed by atoms with Crippen LogP contribution in [0, 0.1) is 5.92 Å². The van der Waals surface area contributed by atoms with E-state index in [4.69, 9.17) is 10.5 Å². The largest absolute Gasteiger partial charge is 0.493 e. The van der Waals surface area contributed by atoms with Gasteiger partial charge in [0.25, 0.3) is 0 Å². The minimum atomic E-state index is -2.49. The minimum Gasteiger partial charge on any atom is -0.493 e. The Hall–Kier alpha value is -1.16. The molecule has 0 bridgehead atoms. The first-order valence-corrected chi connectivity index (χ1v) is 6.39. The third-order valence-corrected chi connectivity index (χ3v) is 3.32. The molecule has 1 unspecified atom stereocenters. The molecule has 0 heterocycles. The van der Waals surface area contributed by atoms with Crippen LogP contribution in [-0.2, 0) is 6.42 Å². The molecule has 18 heavy (non-hydrogen) atoms. The summed E-state index contributed by atoms with van der Waals surface area (Å²) in [5, 5.41) is 0. The van der Waals surface area contributed by atoms with Gasteiger partial charge in [-0.1, -0.05) is 12.1 Å². The number of benzene rings is 1. The maximum Gasteiger partial charge on any atom is 0.248 e. The monoisotopic (exact) mass is 255 g/mol. The Bertz CT molecular complexity index is 395. The van der Waals surface area contributed by atoms with Crippen LogP contribution in [0.15, 0.2) is 24.3 Å². The van der Waals surface area contributed by atoms with Gasteiger partial charge in [-0.3, -0.25) is 0 Å². The zero-order valence-corrected chi connectivity index (χ0v) is 10.4. The van der Waals surface area contributed by atoms with Gasteiger partial charge in [0.15, 0.2) is 0 Å². The van der Waals surface area contributed by atoms with Gasteiger partial charge in [-0.15, -0.1) is 0 Å². The normalized spacial score (nSPS) is 22.1. The quantitative estimate of drug-likeness (QED) is 0.877. The number of alkyl halides is 2. The molecule has 2 nitrogen and oxygen atoms in total. The molecule has 100 valence electrons. The van der Waals surface area contributed by atoms with Crippen molar-refractivity contribution in [3.05, 3.63) is 29.8 Å². The van der Waals surface area contributed by atoms with Crippen LogP contribution in [0.25, 0.3) is 0 Å². The molecule has 0 aliphatic heterocycles. The molecule has 1 atom stereocenters. The molecule has 0 radical (unpaired) electrons. The summed E-state index contributed by atoms with van der Waals surface area (Å²) in [6, 6.07) is 7.68. The van der Waals surface area contributed by atoms with E-state index < -0.39 is 5.92 Å². The lowest BCUT2D eigenvalue weighted by Crippen LogP contribution is -2.14. The minimum absolute atomic E-state index is 0.00571. The lowest BCUT2D eigenvalue weighted by atomic mass is 10.1. The molecule has 0 spiro atoms. The summed E-state index contributed by atoms with van der Waals surface area (Å²) in [6.45, 7) is 0.972. The highest BCUT2D eigenvalue weighted by Gasteiger charge is 2.39. The van der Waals surface area contributed by atoms with E-state index in [-0.39, 0.29) is 18.8 Å². The van der Waals surface area contributed by atoms with Crippen molar-refractivity contribution < 1.29 is 13.5 Å². The van der Waals surface area contributed by atoms with E-state index in [1.54, 1.807) is 0 Å². The van der Waals surface area contributed by atoms with Crippen LogP contribution in [-0.4, -0.2) is 19.1 Å². The van der Waals surface area contributed by atoms with Crippen molar-refractivity contribution in [1.29, 1.82) is 0 Å². The fraction of sp³-hybridized carbons (Fsp3) is 0.571. The summed E-state index contributed by atoms with van der Waals surface area (Å²) in [4.78, 5) is 0. The van der Waals surface area contributed by atoms with Gasteiger partial charge in [0.1, 0.15) is 5.75 Å². The zero-order valence-electron chi connectivity index (χ0n) is 10.4. The highest BCUT2D eigenvalue weighted by atomic mass is 19.3. The van der Waals surface area contributed by atoms with Crippen LogP contribution in [0.5, 0.6) is 5.75 Å². The van der Waals surface area contributed by atoms with Crippen LogP contribution >= 0.6 is 0 Å². The molecule has 0 aromatic heterocycles. The van der Waals surface area contributed by atoms with E-state index in [0.29, 0.717) is 19.6 Å². The predicted molar refractivity (Wildman–Crippen MR) is 67.0 cm³/mol. The molecule has 4 heteroatoms. The topological polar surface area (TPSA) is 35.2 Å². The van der Waals surface area contributed by atoms with Gasteiger partial charge in [0, 0.05) is 12.8 Å². The highest BCUT2D eigenvalue weighted by Crippen LogP contribution is 2.38. The average molecular weight is 255 g/mol. The summed E-state index contributed by atoms with van der Waals surface area (Å²) in [5.41, 5.74) is 6.61. The third kappa shape index (κ3) is 3.67. The van der Waals surface area contributed by atoms with E-state index in [1.165, 1.54) is 0 Å². The number of ether oxygens (including phenoxy) is 1. The Morgan fingerprint density at radius 2 is 2.22 bits per heavy atom. The molecule has 1 aliphatic carbocycles. The highest BCUT2D eigenvalue weighted by molar-refractivity contribution is 5.28. The maximum atomic E-state index is 13.0. The smallest absolute Gasteiger partial charge is 0.248 e. The zero-order chi connectivity index (χ0) is 13.0. The Morgan fingerprint density at radius 1 is 1.39 bits per heavy atom. The Balaban J connectivity index is 1.85. The summed E-state index contributed by atoms with van der Waals surface area (Å²) in [7, 11) is 0. The molecule has 2 N–H and O–H groups in total. The Morgan fingerprint density at radius 3 is 2.89 bits per heavy atom. The summed E-state index contributed by atoms with van der Waals surface area (Å²) in [6.07, 6.45) is 1.30. The number of rotatable bonds is 5. The van der Waals surface area contributed by atoms with Crippen LogP contribution in [0.1, 0.15) is 24.8 Å². The van der Waals surface area contributed by atoms with Gasteiger partial charge in [0.2, 0.25) is 5.92 Å². The van der Waals surface area contributed by atoms with Crippen molar-refractivity contribution in [3.63, 3.8) is 0 Å². The van der Waals surface area contributed by atoms with E-state index in [0.717, 1.165) is 17.7 Å². The lowest BCUT2D eigenvalue weighted by molar-refractivity contribution is 0.00292. The molecule has 1 aromatic carbocycles. The SMILES string of the molecule is NCCc1cccc(OCC2CCC(F)(F)C2)c1. The molecule has 1 aliphatic rings. The second-order valence-corrected chi connectivity index (χ2v) is 4.96. The van der Waals surface area contributed by atoms with Crippen LogP contribution in [0.3, 0.4) is 0 Å². The Kier molecular flexibility index (Phi) is 4.17. The average Bonchev–Trinajstić information content (AvgIpc) is 2.68. The van der Waals surface area contributed by atoms with Gasteiger partial charge in [-0.2, -0.15) is 0 Å². The van der Waals surface area contributed by atoms with Gasteiger partial charge >= 0.3 is 0 Å². The predicted octanol–water partition coefficient (Wildman–Crippen LogP) is 3.00. The van der Waals surface area contributed by atoms with Gasteiger partial charge in [-0.05, 0) is 43.0 Å². The molecular weight excluding hydrogens is 236 g/mol. The maximum absolute atomic E-state index is 13.0. The van der Waals surface area contributed by atoms with Crippen LogP contribution in [0.4, 0.5) is 8.78 Å². The fourth-order valence-corrected chi connectivity index (χ4v) is 2.36. The molecule has 1 aromatic rings. The summed E-state index contributed by atoms with van der Waals surface area (Å²) in [5.74, 6) is -1.77.